The number of piperazine rings is 1. The Labute approximate surface area is 334 Å². The van der Waals surface area contributed by atoms with Crippen molar-refractivity contribution in [2.45, 2.75) is 64.0 Å². The molecular weight excluding hydrogens is 726 g/mol. The minimum absolute atomic E-state index is 0.0264. The summed E-state index contributed by atoms with van der Waals surface area (Å²) in [7, 11) is 0. The molecule has 5 aliphatic rings. The normalized spacial score (nSPS) is 23.3. The van der Waals surface area contributed by atoms with Crippen LogP contribution in [0.15, 0.2) is 60.8 Å². The van der Waals surface area contributed by atoms with E-state index < -0.39 is 6.04 Å². The first-order valence-electron chi connectivity index (χ1n) is 20.3. The summed E-state index contributed by atoms with van der Waals surface area (Å²) in [5.74, 6) is 0.131. The molecule has 5 saturated heterocycles. The van der Waals surface area contributed by atoms with Crippen molar-refractivity contribution in [1.82, 2.24) is 20.1 Å². The van der Waals surface area contributed by atoms with Gasteiger partial charge in [-0.3, -0.25) is 24.6 Å². The number of pyridine rings is 1. The van der Waals surface area contributed by atoms with Crippen LogP contribution in [-0.2, 0) is 9.59 Å². The Hall–Kier alpha value is -4.86. The summed E-state index contributed by atoms with van der Waals surface area (Å²) in [6.45, 7) is 11.6. The number of carbonyl (C=O) groups excluding carboxylic acids is 3. The van der Waals surface area contributed by atoms with Gasteiger partial charge in [0.05, 0.1) is 22.5 Å². The van der Waals surface area contributed by atoms with Gasteiger partial charge in [-0.1, -0.05) is 17.7 Å². The van der Waals surface area contributed by atoms with Crippen LogP contribution in [0.4, 0.5) is 22.7 Å². The highest BCUT2D eigenvalue weighted by Gasteiger charge is 2.44. The standard InChI is InChI=1S/C43H52ClN9O3/c1-30-25-43(29-53(30)35-6-5-32(26-45)37(44)24-35)13-17-50(18-14-43)36-7-8-39(46-27-36)42(56)52-15-11-31(12-16-52)28-49-19-21-51(22-20-49)34-4-2-3-33(23-34)47-38-9-10-40(54)48-41(38)55/h2-8,23-24,27,30-31,38,47H,9-22,25,28-29H2,1H3,(H,48,54,55)/t30-,38+/m1/s1. The Morgan fingerprint density at radius 1 is 0.929 bits per heavy atom. The highest BCUT2D eigenvalue weighted by Crippen LogP contribution is 2.46. The molecule has 6 heterocycles. The number of rotatable bonds is 8. The van der Waals surface area contributed by atoms with Gasteiger partial charge < -0.3 is 24.9 Å². The molecule has 2 atom stereocenters. The number of hydrogen-bond donors (Lipinski definition) is 2. The number of nitriles is 1. The highest BCUT2D eigenvalue weighted by atomic mass is 35.5. The van der Waals surface area contributed by atoms with E-state index in [0.29, 0.717) is 41.1 Å². The molecular formula is C43H52ClN9O3. The molecule has 12 nitrogen and oxygen atoms in total. The average Bonchev–Trinajstić information content (AvgIpc) is 3.54. The maximum atomic E-state index is 13.5. The third-order valence-electron chi connectivity index (χ3n) is 12.9. The third-order valence-corrected chi connectivity index (χ3v) is 13.2. The zero-order valence-electron chi connectivity index (χ0n) is 32.3. The predicted octanol–water partition coefficient (Wildman–Crippen LogP) is 5.38. The van der Waals surface area contributed by atoms with E-state index in [1.807, 2.05) is 47.5 Å². The van der Waals surface area contributed by atoms with Crippen molar-refractivity contribution in [2.75, 3.05) is 85.5 Å². The molecule has 1 aromatic heterocycles. The van der Waals surface area contributed by atoms with E-state index in [-0.39, 0.29) is 23.1 Å². The topological polar surface area (TPSA) is 128 Å². The van der Waals surface area contributed by atoms with Crippen LogP contribution in [0.2, 0.25) is 5.02 Å². The molecule has 0 radical (unpaired) electrons. The van der Waals surface area contributed by atoms with Gasteiger partial charge >= 0.3 is 0 Å². The van der Waals surface area contributed by atoms with Crippen LogP contribution in [0.25, 0.3) is 0 Å². The van der Waals surface area contributed by atoms with E-state index in [2.05, 4.69) is 66.4 Å². The molecule has 2 N–H and O–H groups in total. The minimum atomic E-state index is -0.393. The summed E-state index contributed by atoms with van der Waals surface area (Å²) < 4.78 is 0. The van der Waals surface area contributed by atoms with E-state index in [1.54, 1.807) is 0 Å². The van der Waals surface area contributed by atoms with E-state index in [9.17, 15) is 19.6 Å². The zero-order chi connectivity index (χ0) is 38.8. The summed E-state index contributed by atoms with van der Waals surface area (Å²) in [6, 6.07) is 20.1. The van der Waals surface area contributed by atoms with Gasteiger partial charge in [0.15, 0.2) is 0 Å². The van der Waals surface area contributed by atoms with E-state index >= 15 is 0 Å². The maximum Gasteiger partial charge on any atom is 0.272 e. The molecule has 5 aliphatic heterocycles. The molecule has 3 aromatic rings. The van der Waals surface area contributed by atoms with E-state index in [1.165, 1.54) is 0 Å². The minimum Gasteiger partial charge on any atom is -0.374 e. The summed E-state index contributed by atoms with van der Waals surface area (Å²) >= 11 is 6.38. The average molecular weight is 778 g/mol. The van der Waals surface area contributed by atoms with Crippen LogP contribution in [0.5, 0.6) is 0 Å². The summed E-state index contributed by atoms with van der Waals surface area (Å²) in [5, 5.41) is 15.5. The Bertz CT molecular complexity index is 1960. The Morgan fingerprint density at radius 3 is 2.38 bits per heavy atom. The van der Waals surface area contributed by atoms with Gasteiger partial charge in [-0.2, -0.15) is 5.26 Å². The van der Waals surface area contributed by atoms with Crippen molar-refractivity contribution >= 4 is 52.1 Å². The first-order valence-corrected chi connectivity index (χ1v) is 20.7. The molecule has 0 bridgehead atoms. The number of likely N-dealkylation sites (tertiary alicyclic amines) is 1. The molecule has 0 aliphatic carbocycles. The largest absolute Gasteiger partial charge is 0.374 e. The first kappa shape index (κ1) is 38.0. The molecule has 2 aromatic carbocycles. The van der Waals surface area contributed by atoms with Crippen LogP contribution in [0.1, 0.15) is 67.9 Å². The van der Waals surface area contributed by atoms with Crippen LogP contribution in [0, 0.1) is 22.7 Å². The van der Waals surface area contributed by atoms with Gasteiger partial charge in [0.1, 0.15) is 17.8 Å². The number of benzene rings is 2. The molecule has 8 rings (SSSR count). The van der Waals surface area contributed by atoms with Gasteiger partial charge in [-0.05, 0) is 105 Å². The van der Waals surface area contributed by atoms with Crippen LogP contribution in [0.3, 0.4) is 0 Å². The second kappa shape index (κ2) is 16.3. The number of nitrogens with one attached hydrogen (secondary N) is 2. The number of nitrogens with zero attached hydrogens (tertiary/aromatic N) is 7. The lowest BCUT2D eigenvalue weighted by molar-refractivity contribution is -0.133. The second-order valence-corrected chi connectivity index (χ2v) is 17.0. The number of amides is 3. The molecule has 1 spiro atoms. The van der Waals surface area contributed by atoms with Crippen molar-refractivity contribution in [2.24, 2.45) is 11.3 Å². The zero-order valence-corrected chi connectivity index (χ0v) is 33.0. The molecule has 3 amide bonds. The molecule has 5 fully saturated rings. The van der Waals surface area contributed by atoms with E-state index in [4.69, 9.17) is 11.6 Å². The molecule has 0 saturated carbocycles. The van der Waals surface area contributed by atoms with Crippen LogP contribution in [-0.4, -0.2) is 110 Å². The molecule has 56 heavy (non-hydrogen) atoms. The van der Waals surface area contributed by atoms with Gasteiger partial charge in [0.25, 0.3) is 5.91 Å². The number of anilines is 4. The Balaban J connectivity index is 0.762. The van der Waals surface area contributed by atoms with Gasteiger partial charge in [-0.15, -0.1) is 0 Å². The number of imide groups is 1. The molecule has 294 valence electrons. The maximum absolute atomic E-state index is 13.5. The van der Waals surface area contributed by atoms with Crippen molar-refractivity contribution in [3.8, 4) is 6.07 Å². The van der Waals surface area contributed by atoms with Gasteiger partial charge in [0, 0.05) is 95.0 Å². The fourth-order valence-corrected chi connectivity index (χ4v) is 9.82. The lowest BCUT2D eigenvalue weighted by atomic mass is 9.76. The Morgan fingerprint density at radius 2 is 1.68 bits per heavy atom. The molecule has 0 unspecified atom stereocenters. The lowest BCUT2D eigenvalue weighted by Crippen LogP contribution is -2.49. The first-order chi connectivity index (χ1) is 27.1. The smallest absolute Gasteiger partial charge is 0.272 e. The fourth-order valence-electron chi connectivity index (χ4n) is 9.60. The highest BCUT2D eigenvalue weighted by molar-refractivity contribution is 6.32. The second-order valence-electron chi connectivity index (χ2n) is 16.6. The summed E-state index contributed by atoms with van der Waals surface area (Å²) in [4.78, 5) is 53.7. The van der Waals surface area contributed by atoms with Crippen molar-refractivity contribution in [3.63, 3.8) is 0 Å². The van der Waals surface area contributed by atoms with Crippen molar-refractivity contribution in [3.05, 3.63) is 77.1 Å². The number of hydrogen-bond acceptors (Lipinski definition) is 10. The summed E-state index contributed by atoms with van der Waals surface area (Å²) in [6.07, 6.45) is 8.08. The van der Waals surface area contributed by atoms with E-state index in [0.717, 1.165) is 120 Å². The summed E-state index contributed by atoms with van der Waals surface area (Å²) in [5.41, 5.74) is 5.49. The third kappa shape index (κ3) is 8.30. The lowest BCUT2D eigenvalue weighted by Gasteiger charge is -2.40. The van der Waals surface area contributed by atoms with Crippen molar-refractivity contribution in [1.29, 1.82) is 5.26 Å². The number of carbonyl (C=O) groups is 3. The van der Waals surface area contributed by atoms with Gasteiger partial charge in [-0.25, -0.2) is 4.98 Å². The number of piperidine rings is 3. The van der Waals surface area contributed by atoms with Gasteiger partial charge in [0.2, 0.25) is 11.8 Å². The molecule has 13 heteroatoms. The van der Waals surface area contributed by atoms with Crippen LogP contribution < -0.4 is 25.3 Å². The predicted molar refractivity (Wildman–Crippen MR) is 219 cm³/mol. The monoisotopic (exact) mass is 777 g/mol. The fraction of sp³-hybridized carbons (Fsp3) is 0.512. The van der Waals surface area contributed by atoms with Crippen LogP contribution >= 0.6 is 11.6 Å². The Kier molecular flexibility index (Phi) is 11.1. The quantitative estimate of drug-likeness (QED) is 0.288. The van der Waals surface area contributed by atoms with Crippen molar-refractivity contribution < 1.29 is 14.4 Å². The SMILES string of the molecule is C[C@@H]1CC2(CCN(c3ccc(C(=O)N4CCC(CN5CCN(c6cccc(N[C@H]7CCC(=O)NC7=O)c6)CC5)CC4)nc3)CC2)CN1c1ccc(C#N)c(Cl)c1. The number of halogens is 1. The number of aromatic nitrogens is 1.